The topological polar surface area (TPSA) is 63.7 Å². The van der Waals surface area contributed by atoms with E-state index in [0.717, 1.165) is 21.7 Å². The third-order valence-corrected chi connectivity index (χ3v) is 8.28. The fraction of sp³-hybridized carbons (Fsp3) is 0.222. The molecule has 1 aromatic heterocycles. The number of nitrogens with one attached hydrogen (secondary N) is 1. The van der Waals surface area contributed by atoms with Crippen LogP contribution in [0.5, 0.6) is 11.5 Å². The molecule has 1 unspecified atom stereocenters. The predicted octanol–water partition coefficient (Wildman–Crippen LogP) is 7.26. The average molecular weight is 610 g/mol. The lowest BCUT2D eigenvalue weighted by atomic mass is 9.99. The summed E-state index contributed by atoms with van der Waals surface area (Å²) in [6.07, 6.45) is 1.38. The van der Waals surface area contributed by atoms with Crippen molar-refractivity contribution in [2.24, 2.45) is 0 Å². The highest BCUT2D eigenvalue weighted by molar-refractivity contribution is 7.09. The first kappa shape index (κ1) is 30.9. The van der Waals surface area contributed by atoms with Gasteiger partial charge in [0.05, 0.1) is 26.8 Å². The maximum Gasteiger partial charge on any atom is 0.271 e. The third kappa shape index (κ3) is 8.30. The van der Waals surface area contributed by atoms with Gasteiger partial charge in [0.1, 0.15) is 16.5 Å². The molecule has 4 aromatic carbocycles. The molecular formula is C36H36FN3O3S. The van der Waals surface area contributed by atoms with E-state index in [-0.39, 0.29) is 17.8 Å². The van der Waals surface area contributed by atoms with E-state index in [2.05, 4.69) is 22.3 Å². The van der Waals surface area contributed by atoms with Crippen molar-refractivity contribution < 1.29 is 18.7 Å². The number of carbonyl (C=O) groups is 1. The van der Waals surface area contributed by atoms with Crippen molar-refractivity contribution in [1.29, 1.82) is 0 Å². The minimum Gasteiger partial charge on any atom is -0.493 e. The lowest BCUT2D eigenvalue weighted by molar-refractivity contribution is 0.0931. The molecule has 1 N–H and O–H groups in total. The summed E-state index contributed by atoms with van der Waals surface area (Å²) >= 11 is 1.44. The second-order valence-electron chi connectivity index (χ2n) is 10.5. The van der Waals surface area contributed by atoms with Crippen LogP contribution in [0.2, 0.25) is 0 Å². The molecule has 0 saturated heterocycles. The summed E-state index contributed by atoms with van der Waals surface area (Å²) in [5.41, 5.74) is 4.24. The number of hydrogen-bond acceptors (Lipinski definition) is 6. The van der Waals surface area contributed by atoms with Crippen molar-refractivity contribution in [2.75, 3.05) is 20.8 Å². The van der Waals surface area contributed by atoms with Gasteiger partial charge >= 0.3 is 0 Å². The highest BCUT2D eigenvalue weighted by atomic mass is 32.1. The molecular weight excluding hydrogens is 573 g/mol. The number of methoxy groups -OCH3 is 2. The zero-order chi connectivity index (χ0) is 30.7. The van der Waals surface area contributed by atoms with E-state index >= 15 is 0 Å². The zero-order valence-electron chi connectivity index (χ0n) is 24.9. The van der Waals surface area contributed by atoms with E-state index in [9.17, 15) is 9.18 Å². The van der Waals surface area contributed by atoms with Crippen molar-refractivity contribution >= 4 is 17.2 Å². The second-order valence-corrected chi connectivity index (χ2v) is 11.4. The van der Waals surface area contributed by atoms with Gasteiger partial charge in [-0.25, -0.2) is 9.37 Å². The lowest BCUT2D eigenvalue weighted by Crippen LogP contribution is -2.30. The molecule has 5 rings (SSSR count). The Morgan fingerprint density at radius 2 is 1.57 bits per heavy atom. The predicted molar refractivity (Wildman–Crippen MR) is 173 cm³/mol. The maximum atomic E-state index is 14.6. The van der Waals surface area contributed by atoms with Gasteiger partial charge in [0.15, 0.2) is 11.5 Å². The van der Waals surface area contributed by atoms with Gasteiger partial charge in [-0.2, -0.15) is 0 Å². The van der Waals surface area contributed by atoms with Crippen molar-refractivity contribution in [3.8, 4) is 11.5 Å². The minimum atomic E-state index is -0.242. The lowest BCUT2D eigenvalue weighted by Gasteiger charge is -2.22. The quantitative estimate of drug-likeness (QED) is 0.144. The molecule has 226 valence electrons. The monoisotopic (exact) mass is 609 g/mol. The first-order valence-electron chi connectivity index (χ1n) is 14.5. The molecule has 0 fully saturated rings. The summed E-state index contributed by atoms with van der Waals surface area (Å²) in [6, 6.07) is 32.6. The van der Waals surface area contributed by atoms with Crippen molar-refractivity contribution in [1.82, 2.24) is 15.2 Å². The average Bonchev–Trinajstić information content (AvgIpc) is 3.53. The second kappa shape index (κ2) is 15.3. The van der Waals surface area contributed by atoms with Gasteiger partial charge < -0.3 is 14.8 Å². The van der Waals surface area contributed by atoms with Gasteiger partial charge in [0, 0.05) is 24.0 Å². The van der Waals surface area contributed by atoms with Gasteiger partial charge in [-0.3, -0.25) is 9.69 Å². The largest absolute Gasteiger partial charge is 0.493 e. The number of aromatic nitrogens is 1. The minimum absolute atomic E-state index is 0.199. The van der Waals surface area contributed by atoms with Crippen LogP contribution < -0.4 is 14.8 Å². The smallest absolute Gasteiger partial charge is 0.271 e. The highest BCUT2D eigenvalue weighted by Gasteiger charge is 2.20. The molecule has 1 amide bonds. The number of rotatable bonds is 14. The molecule has 44 heavy (non-hydrogen) atoms. The molecule has 0 radical (unpaired) electrons. The van der Waals surface area contributed by atoms with Crippen LogP contribution in [0.15, 0.2) is 109 Å². The number of ether oxygens (including phenoxy) is 2. The third-order valence-electron chi connectivity index (χ3n) is 7.45. The van der Waals surface area contributed by atoms with Crippen LogP contribution in [0.1, 0.15) is 43.8 Å². The molecule has 0 bridgehead atoms. The Morgan fingerprint density at radius 1 is 0.864 bits per heavy atom. The van der Waals surface area contributed by atoms with Gasteiger partial charge in [0.2, 0.25) is 0 Å². The van der Waals surface area contributed by atoms with Crippen LogP contribution in [-0.4, -0.2) is 36.6 Å². The van der Waals surface area contributed by atoms with E-state index in [4.69, 9.17) is 14.5 Å². The highest BCUT2D eigenvalue weighted by Crippen LogP contribution is 2.28. The molecule has 0 aliphatic rings. The van der Waals surface area contributed by atoms with E-state index in [1.165, 1.54) is 17.4 Å². The molecule has 1 heterocycles. The molecule has 1 atom stereocenters. The van der Waals surface area contributed by atoms with Gasteiger partial charge in [-0.15, -0.1) is 11.3 Å². The Kier molecular flexibility index (Phi) is 10.7. The summed E-state index contributed by atoms with van der Waals surface area (Å²) in [5, 5.41) is 5.79. The van der Waals surface area contributed by atoms with E-state index in [0.29, 0.717) is 55.2 Å². The van der Waals surface area contributed by atoms with Crippen molar-refractivity contribution in [2.45, 2.75) is 32.0 Å². The maximum absolute atomic E-state index is 14.6. The first-order chi connectivity index (χ1) is 21.5. The van der Waals surface area contributed by atoms with Crippen molar-refractivity contribution in [3.05, 3.63) is 147 Å². The SMILES string of the molecule is COc1ccc(CCN(Cc2nc(C(=O)NC(Cc3ccccc3)c3ccccc3)cs2)Cc2ccccc2F)cc1OC. The Bertz CT molecular complexity index is 1650. The van der Waals surface area contributed by atoms with E-state index in [1.54, 1.807) is 31.7 Å². The number of thiazole rings is 1. The van der Waals surface area contributed by atoms with Crippen molar-refractivity contribution in [3.63, 3.8) is 0 Å². The van der Waals surface area contributed by atoms with Crippen LogP contribution in [0.25, 0.3) is 0 Å². The zero-order valence-corrected chi connectivity index (χ0v) is 25.7. The van der Waals surface area contributed by atoms with Gasteiger partial charge in [-0.05, 0) is 47.7 Å². The molecule has 0 spiro atoms. The number of amides is 1. The Hall–Kier alpha value is -4.53. The Labute approximate surface area is 262 Å². The van der Waals surface area contributed by atoms with E-state index < -0.39 is 0 Å². The summed E-state index contributed by atoms with van der Waals surface area (Å²) in [5.74, 6) is 0.880. The molecule has 6 nitrogen and oxygen atoms in total. The first-order valence-corrected chi connectivity index (χ1v) is 15.4. The van der Waals surface area contributed by atoms with Crippen LogP contribution in [0.3, 0.4) is 0 Å². The Balaban J connectivity index is 1.30. The molecule has 8 heteroatoms. The van der Waals surface area contributed by atoms with Crippen LogP contribution in [0, 0.1) is 5.82 Å². The number of hydrogen-bond donors (Lipinski definition) is 1. The summed E-state index contributed by atoms with van der Waals surface area (Å²) < 4.78 is 25.5. The number of carbonyl (C=O) groups excluding carboxylic acids is 1. The summed E-state index contributed by atoms with van der Waals surface area (Å²) in [6.45, 7) is 1.54. The summed E-state index contributed by atoms with van der Waals surface area (Å²) in [7, 11) is 3.23. The van der Waals surface area contributed by atoms with E-state index in [1.807, 2.05) is 72.8 Å². The molecule has 0 aliphatic heterocycles. The Morgan fingerprint density at radius 3 is 2.30 bits per heavy atom. The van der Waals surface area contributed by atoms with Crippen LogP contribution in [-0.2, 0) is 25.9 Å². The fourth-order valence-electron chi connectivity index (χ4n) is 5.10. The number of halogens is 1. The normalized spacial score (nSPS) is 11.7. The van der Waals surface area contributed by atoms with Crippen LogP contribution >= 0.6 is 11.3 Å². The van der Waals surface area contributed by atoms with Crippen LogP contribution in [0.4, 0.5) is 4.39 Å². The fourth-order valence-corrected chi connectivity index (χ4v) is 5.92. The van der Waals surface area contributed by atoms with Gasteiger partial charge in [0.25, 0.3) is 5.91 Å². The standard InChI is InChI=1S/C36H36FN3O3S/c1-42-33-18-17-27(22-34(33)43-2)19-20-40(23-29-15-9-10-16-30(29)37)24-35-38-32(25-44-35)36(41)39-31(28-13-7-4-8-14-28)21-26-11-5-3-6-12-26/h3-18,22,25,31H,19-21,23-24H2,1-2H3,(H,39,41). The number of nitrogens with zero attached hydrogens (tertiary/aromatic N) is 2. The molecule has 0 aliphatic carbocycles. The molecule has 0 saturated carbocycles. The molecule has 5 aromatic rings. The number of benzene rings is 4. The van der Waals surface area contributed by atoms with Gasteiger partial charge in [-0.1, -0.05) is 84.9 Å². The summed E-state index contributed by atoms with van der Waals surface area (Å²) in [4.78, 5) is 20.3.